The number of anilines is 1. The smallest absolute Gasteiger partial charge is 0.329 e. The van der Waals surface area contributed by atoms with Crippen LogP contribution in [0.15, 0.2) is 58.3 Å². The van der Waals surface area contributed by atoms with E-state index in [4.69, 9.17) is 4.74 Å². The molecule has 9 nitrogen and oxygen atoms in total. The number of hydrogen-bond acceptors (Lipinski definition) is 6. The van der Waals surface area contributed by atoms with Crippen molar-refractivity contribution in [3.05, 3.63) is 86.6 Å². The number of benzene rings is 1. The number of aromatic amines is 1. The minimum Gasteiger partial charge on any atom is -0.439 e. The number of carbonyl (C=O) groups is 1. The lowest BCUT2D eigenvalue weighted by molar-refractivity contribution is 0.102. The van der Waals surface area contributed by atoms with Gasteiger partial charge in [0, 0.05) is 18.3 Å². The molecule has 0 aliphatic carbocycles. The summed E-state index contributed by atoms with van der Waals surface area (Å²) < 4.78 is 19.9. The molecule has 2 N–H and O–H groups in total. The summed E-state index contributed by atoms with van der Waals surface area (Å²) in [7, 11) is 0. The zero-order valence-electron chi connectivity index (χ0n) is 18.8. The molecule has 0 saturated carbocycles. The minimum atomic E-state index is -0.682. The molecule has 0 atom stereocenters. The fraction of sp³-hybridized carbons (Fsp3) is 0.208. The lowest BCUT2D eigenvalue weighted by atomic mass is 10.0. The lowest BCUT2D eigenvalue weighted by Crippen LogP contribution is -2.32. The molecule has 0 fully saturated rings. The third-order valence-corrected chi connectivity index (χ3v) is 5.15. The Morgan fingerprint density at radius 3 is 2.53 bits per heavy atom. The maximum atomic E-state index is 13.2. The molecule has 0 radical (unpaired) electrons. The Morgan fingerprint density at radius 1 is 1.18 bits per heavy atom. The van der Waals surface area contributed by atoms with E-state index in [1.165, 1.54) is 35.0 Å². The van der Waals surface area contributed by atoms with Gasteiger partial charge in [0.25, 0.3) is 11.5 Å². The van der Waals surface area contributed by atoms with E-state index in [1.54, 1.807) is 25.1 Å². The van der Waals surface area contributed by atoms with Gasteiger partial charge in [-0.25, -0.2) is 19.2 Å². The number of amides is 1. The van der Waals surface area contributed by atoms with Gasteiger partial charge in [0.15, 0.2) is 5.65 Å². The lowest BCUT2D eigenvalue weighted by Gasteiger charge is -2.14. The van der Waals surface area contributed by atoms with Crippen LogP contribution in [0.25, 0.3) is 11.0 Å². The minimum absolute atomic E-state index is 0.0348. The number of carbonyl (C=O) groups excluding carboxylic acids is 1. The standard InChI is InChI=1S/C24H22FN5O4/c1-4-30-21-20(23(32)29-24(30)33)17(11-18(28-21)13(2)3)22(31)27-15-7-10-19(26-12-15)34-16-8-5-14(25)6-9-16/h5-13H,4H2,1-3H3,(H,27,31)(H,29,32,33). The van der Waals surface area contributed by atoms with Crippen molar-refractivity contribution >= 4 is 22.6 Å². The second kappa shape index (κ2) is 9.26. The number of aromatic nitrogens is 4. The van der Waals surface area contributed by atoms with Crippen LogP contribution in [0.5, 0.6) is 11.6 Å². The summed E-state index contributed by atoms with van der Waals surface area (Å²) >= 11 is 0. The second-order valence-electron chi connectivity index (χ2n) is 7.85. The summed E-state index contributed by atoms with van der Waals surface area (Å²) in [5.41, 5.74) is -0.0594. The third-order valence-electron chi connectivity index (χ3n) is 5.15. The molecule has 0 saturated heterocycles. The number of pyridine rings is 2. The quantitative estimate of drug-likeness (QED) is 0.449. The highest BCUT2D eigenvalue weighted by Crippen LogP contribution is 2.23. The molecule has 10 heteroatoms. The summed E-state index contributed by atoms with van der Waals surface area (Å²) in [4.78, 5) is 48.9. The number of hydrogen-bond donors (Lipinski definition) is 2. The second-order valence-corrected chi connectivity index (χ2v) is 7.85. The molecule has 3 heterocycles. The average Bonchev–Trinajstić information content (AvgIpc) is 2.81. The highest BCUT2D eigenvalue weighted by atomic mass is 19.1. The molecule has 0 aliphatic rings. The first kappa shape index (κ1) is 22.8. The van der Waals surface area contributed by atoms with Crippen LogP contribution in [-0.4, -0.2) is 25.4 Å². The monoisotopic (exact) mass is 463 g/mol. The van der Waals surface area contributed by atoms with Crippen LogP contribution in [0.1, 0.15) is 42.7 Å². The number of nitrogens with zero attached hydrogens (tertiary/aromatic N) is 3. The molecule has 0 unspecified atom stereocenters. The maximum Gasteiger partial charge on any atom is 0.329 e. The van der Waals surface area contributed by atoms with Gasteiger partial charge < -0.3 is 10.1 Å². The number of halogens is 1. The zero-order valence-corrected chi connectivity index (χ0v) is 18.8. The number of rotatable bonds is 6. The van der Waals surface area contributed by atoms with Gasteiger partial charge in [0.2, 0.25) is 5.88 Å². The van der Waals surface area contributed by atoms with Crippen molar-refractivity contribution < 1.29 is 13.9 Å². The molecular formula is C24H22FN5O4. The Labute approximate surface area is 193 Å². The fourth-order valence-corrected chi connectivity index (χ4v) is 3.40. The molecule has 1 amide bonds. The molecule has 3 aromatic heterocycles. The van der Waals surface area contributed by atoms with Crippen LogP contribution in [0.4, 0.5) is 10.1 Å². The number of H-pyrrole nitrogens is 1. The van der Waals surface area contributed by atoms with Gasteiger partial charge in [-0.05, 0) is 49.2 Å². The predicted molar refractivity (Wildman–Crippen MR) is 125 cm³/mol. The molecule has 4 rings (SSSR count). The van der Waals surface area contributed by atoms with E-state index in [0.29, 0.717) is 17.1 Å². The Hall–Kier alpha value is -4.34. The van der Waals surface area contributed by atoms with E-state index in [2.05, 4.69) is 20.3 Å². The Kier molecular flexibility index (Phi) is 6.22. The van der Waals surface area contributed by atoms with Gasteiger partial charge in [-0.2, -0.15) is 0 Å². The Morgan fingerprint density at radius 2 is 1.91 bits per heavy atom. The highest BCUT2D eigenvalue weighted by Gasteiger charge is 2.20. The van der Waals surface area contributed by atoms with E-state index in [0.717, 1.165) is 0 Å². The van der Waals surface area contributed by atoms with Crippen LogP contribution in [-0.2, 0) is 6.54 Å². The summed E-state index contributed by atoms with van der Waals surface area (Å²) in [6, 6.07) is 10.2. The molecule has 174 valence electrons. The van der Waals surface area contributed by atoms with Crippen LogP contribution in [0.2, 0.25) is 0 Å². The molecule has 4 aromatic rings. The maximum absolute atomic E-state index is 13.2. The number of ether oxygens (including phenoxy) is 1. The van der Waals surface area contributed by atoms with Crippen LogP contribution < -0.4 is 21.3 Å². The van der Waals surface area contributed by atoms with Crippen molar-refractivity contribution in [3.63, 3.8) is 0 Å². The molecule has 1 aromatic carbocycles. The van der Waals surface area contributed by atoms with Gasteiger partial charge in [-0.3, -0.25) is 19.1 Å². The SMILES string of the molecule is CCn1c(=O)[nH]c(=O)c2c(C(=O)Nc3ccc(Oc4ccc(F)cc4)nc3)cc(C(C)C)nc21. The fourth-order valence-electron chi connectivity index (χ4n) is 3.40. The zero-order chi connectivity index (χ0) is 24.4. The van der Waals surface area contributed by atoms with Gasteiger partial charge in [-0.15, -0.1) is 0 Å². The molecule has 0 aliphatic heterocycles. The summed E-state index contributed by atoms with van der Waals surface area (Å²) in [5.74, 6) is -0.298. The van der Waals surface area contributed by atoms with Crippen LogP contribution >= 0.6 is 0 Å². The van der Waals surface area contributed by atoms with Crippen molar-refractivity contribution in [2.45, 2.75) is 33.2 Å². The molecular weight excluding hydrogens is 441 g/mol. The molecule has 0 bridgehead atoms. The van der Waals surface area contributed by atoms with Crippen molar-refractivity contribution in [2.24, 2.45) is 0 Å². The third kappa shape index (κ3) is 4.56. The topological polar surface area (TPSA) is 119 Å². The normalized spacial score (nSPS) is 11.1. The summed E-state index contributed by atoms with van der Waals surface area (Å²) in [6.45, 7) is 5.84. The highest BCUT2D eigenvalue weighted by molar-refractivity contribution is 6.11. The first-order valence-electron chi connectivity index (χ1n) is 10.7. The molecule has 34 heavy (non-hydrogen) atoms. The van der Waals surface area contributed by atoms with Crippen molar-refractivity contribution in [3.8, 4) is 11.6 Å². The van der Waals surface area contributed by atoms with Gasteiger partial charge in [-0.1, -0.05) is 13.8 Å². The predicted octanol–water partition coefficient (Wildman–Crippen LogP) is 3.81. The number of nitrogens with one attached hydrogen (secondary N) is 2. The first-order valence-corrected chi connectivity index (χ1v) is 10.7. The van der Waals surface area contributed by atoms with Crippen molar-refractivity contribution in [1.82, 2.24) is 19.5 Å². The Balaban J connectivity index is 1.67. The van der Waals surface area contributed by atoms with E-state index in [-0.39, 0.29) is 40.8 Å². The van der Waals surface area contributed by atoms with E-state index >= 15 is 0 Å². The summed E-state index contributed by atoms with van der Waals surface area (Å²) in [6.07, 6.45) is 1.40. The van der Waals surface area contributed by atoms with E-state index in [9.17, 15) is 18.8 Å². The van der Waals surface area contributed by atoms with Gasteiger partial charge >= 0.3 is 5.69 Å². The van der Waals surface area contributed by atoms with Gasteiger partial charge in [0.1, 0.15) is 11.6 Å². The van der Waals surface area contributed by atoms with Crippen molar-refractivity contribution in [2.75, 3.05) is 5.32 Å². The summed E-state index contributed by atoms with van der Waals surface area (Å²) in [5, 5.41) is 2.75. The van der Waals surface area contributed by atoms with Crippen molar-refractivity contribution in [1.29, 1.82) is 0 Å². The van der Waals surface area contributed by atoms with E-state index in [1.807, 2.05) is 13.8 Å². The van der Waals surface area contributed by atoms with Crippen LogP contribution in [0.3, 0.4) is 0 Å². The first-order chi connectivity index (χ1) is 16.3. The molecule has 0 spiro atoms. The van der Waals surface area contributed by atoms with E-state index < -0.39 is 17.2 Å². The average molecular weight is 463 g/mol. The Bertz CT molecular complexity index is 1480. The largest absolute Gasteiger partial charge is 0.439 e. The van der Waals surface area contributed by atoms with Gasteiger partial charge in [0.05, 0.1) is 22.8 Å². The number of fused-ring (bicyclic) bond motifs is 1. The number of aryl methyl sites for hydroxylation is 1. The van der Waals surface area contributed by atoms with Crippen LogP contribution in [0, 0.1) is 5.82 Å².